The lowest BCUT2D eigenvalue weighted by Crippen LogP contribution is -2.36. The maximum atomic E-state index is 9.58. The smallest absolute Gasteiger partial charge is 0.0762 e. The zero-order valence-electron chi connectivity index (χ0n) is 10.9. The lowest BCUT2D eigenvalue weighted by molar-refractivity contribution is 0.0854. The SMILES string of the molecule is CC(O)c1ccc(N(C)C2CCOCC2)c(Br)c1. The van der Waals surface area contributed by atoms with E-state index in [-0.39, 0.29) is 0 Å². The van der Waals surface area contributed by atoms with Crippen molar-refractivity contribution in [3.8, 4) is 0 Å². The van der Waals surface area contributed by atoms with Crippen molar-refractivity contribution in [1.29, 1.82) is 0 Å². The maximum Gasteiger partial charge on any atom is 0.0762 e. The predicted molar refractivity (Wildman–Crippen MR) is 77.0 cm³/mol. The lowest BCUT2D eigenvalue weighted by Gasteiger charge is -2.33. The molecule has 3 nitrogen and oxygen atoms in total. The fraction of sp³-hybridized carbons (Fsp3) is 0.571. The molecule has 1 aromatic rings. The minimum atomic E-state index is -0.427. The predicted octanol–water partition coefficient (Wildman–Crippen LogP) is 3.12. The minimum absolute atomic E-state index is 0.427. The van der Waals surface area contributed by atoms with E-state index in [0.717, 1.165) is 36.1 Å². The Morgan fingerprint density at radius 3 is 2.61 bits per heavy atom. The van der Waals surface area contributed by atoms with Crippen LogP contribution < -0.4 is 4.90 Å². The van der Waals surface area contributed by atoms with Crippen molar-refractivity contribution in [2.24, 2.45) is 0 Å². The Morgan fingerprint density at radius 2 is 2.06 bits per heavy atom. The van der Waals surface area contributed by atoms with E-state index < -0.39 is 6.10 Å². The first-order valence-electron chi connectivity index (χ1n) is 6.37. The number of rotatable bonds is 3. The Bertz CT molecular complexity index is 403. The molecule has 0 bridgehead atoms. The van der Waals surface area contributed by atoms with Crippen LogP contribution in [0.25, 0.3) is 0 Å². The van der Waals surface area contributed by atoms with Crippen LogP contribution in [0.15, 0.2) is 22.7 Å². The topological polar surface area (TPSA) is 32.7 Å². The molecule has 1 heterocycles. The van der Waals surface area contributed by atoms with Gasteiger partial charge < -0.3 is 14.7 Å². The van der Waals surface area contributed by atoms with Crippen molar-refractivity contribution < 1.29 is 9.84 Å². The van der Waals surface area contributed by atoms with Gasteiger partial charge in [-0.15, -0.1) is 0 Å². The van der Waals surface area contributed by atoms with Crippen molar-refractivity contribution in [2.45, 2.75) is 31.9 Å². The van der Waals surface area contributed by atoms with Gasteiger partial charge in [0.1, 0.15) is 0 Å². The minimum Gasteiger partial charge on any atom is -0.389 e. The van der Waals surface area contributed by atoms with Gasteiger partial charge >= 0.3 is 0 Å². The molecule has 0 aromatic heterocycles. The first-order chi connectivity index (χ1) is 8.59. The zero-order chi connectivity index (χ0) is 13.1. The largest absolute Gasteiger partial charge is 0.389 e. The van der Waals surface area contributed by atoms with Gasteiger partial charge in [0.15, 0.2) is 0 Å². The van der Waals surface area contributed by atoms with Gasteiger partial charge in [-0.25, -0.2) is 0 Å². The molecule has 100 valence electrons. The molecule has 1 aliphatic heterocycles. The van der Waals surface area contributed by atoms with Crippen molar-refractivity contribution in [1.82, 2.24) is 0 Å². The number of aliphatic hydroxyl groups excluding tert-OH is 1. The number of halogens is 1. The van der Waals surface area contributed by atoms with Gasteiger partial charge in [0.25, 0.3) is 0 Å². The summed E-state index contributed by atoms with van der Waals surface area (Å²) in [5.41, 5.74) is 2.11. The summed E-state index contributed by atoms with van der Waals surface area (Å²) in [7, 11) is 2.12. The summed E-state index contributed by atoms with van der Waals surface area (Å²) < 4.78 is 6.43. The number of hydrogen-bond donors (Lipinski definition) is 1. The number of aliphatic hydroxyl groups is 1. The molecule has 0 radical (unpaired) electrons. The molecular formula is C14H20BrNO2. The molecule has 1 unspecified atom stereocenters. The third-order valence-corrected chi connectivity index (χ3v) is 4.21. The number of anilines is 1. The standard InChI is InChI=1S/C14H20BrNO2/c1-10(17)11-3-4-14(13(15)9-11)16(2)12-5-7-18-8-6-12/h3-4,9-10,12,17H,5-8H2,1-2H3. The summed E-state index contributed by atoms with van der Waals surface area (Å²) in [5, 5.41) is 9.58. The third-order valence-electron chi connectivity index (χ3n) is 3.57. The Morgan fingerprint density at radius 1 is 1.39 bits per heavy atom. The third kappa shape index (κ3) is 3.05. The van der Waals surface area contributed by atoms with Crippen molar-refractivity contribution >= 4 is 21.6 Å². The van der Waals surface area contributed by atoms with Gasteiger partial charge in [0, 0.05) is 30.8 Å². The first kappa shape index (κ1) is 13.8. The molecule has 0 amide bonds. The second kappa shape index (κ2) is 6.04. The fourth-order valence-electron chi connectivity index (χ4n) is 2.34. The van der Waals surface area contributed by atoms with Crippen molar-refractivity contribution in [3.63, 3.8) is 0 Å². The molecule has 4 heteroatoms. The van der Waals surface area contributed by atoms with Crippen LogP contribution in [-0.4, -0.2) is 31.4 Å². The van der Waals surface area contributed by atoms with Gasteiger partial charge in [-0.1, -0.05) is 6.07 Å². The Labute approximate surface area is 117 Å². The molecule has 1 aliphatic rings. The Kier molecular flexibility index (Phi) is 4.65. The van der Waals surface area contributed by atoms with Crippen LogP contribution in [0.5, 0.6) is 0 Å². The van der Waals surface area contributed by atoms with Gasteiger partial charge in [-0.05, 0) is 53.4 Å². The summed E-state index contributed by atoms with van der Waals surface area (Å²) >= 11 is 3.60. The highest BCUT2D eigenvalue weighted by Gasteiger charge is 2.20. The van der Waals surface area contributed by atoms with E-state index in [1.165, 1.54) is 5.69 Å². The van der Waals surface area contributed by atoms with Crippen LogP contribution in [-0.2, 0) is 4.74 Å². The highest BCUT2D eigenvalue weighted by atomic mass is 79.9. The van der Waals surface area contributed by atoms with E-state index in [1.807, 2.05) is 12.1 Å². The molecule has 0 spiro atoms. The van der Waals surface area contributed by atoms with Crippen molar-refractivity contribution in [3.05, 3.63) is 28.2 Å². The molecular weight excluding hydrogens is 294 g/mol. The van der Waals surface area contributed by atoms with Crippen LogP contribution in [0.3, 0.4) is 0 Å². The lowest BCUT2D eigenvalue weighted by atomic mass is 10.1. The van der Waals surface area contributed by atoms with E-state index >= 15 is 0 Å². The van der Waals surface area contributed by atoms with E-state index in [4.69, 9.17) is 4.74 Å². The highest BCUT2D eigenvalue weighted by Crippen LogP contribution is 2.31. The Hall–Kier alpha value is -0.580. The molecule has 1 atom stereocenters. The number of benzene rings is 1. The average molecular weight is 314 g/mol. The monoisotopic (exact) mass is 313 g/mol. The molecule has 1 aromatic carbocycles. The van der Waals surface area contributed by atoms with E-state index in [2.05, 4.69) is 33.9 Å². The van der Waals surface area contributed by atoms with Gasteiger partial charge in [-0.2, -0.15) is 0 Å². The second-order valence-corrected chi connectivity index (χ2v) is 5.70. The molecule has 1 fully saturated rings. The first-order valence-corrected chi connectivity index (χ1v) is 7.17. The van der Waals surface area contributed by atoms with E-state index in [1.54, 1.807) is 6.92 Å². The molecule has 0 saturated carbocycles. The van der Waals surface area contributed by atoms with Crippen LogP contribution in [0.4, 0.5) is 5.69 Å². The molecule has 0 aliphatic carbocycles. The van der Waals surface area contributed by atoms with Crippen LogP contribution in [0.2, 0.25) is 0 Å². The summed E-state index contributed by atoms with van der Waals surface area (Å²) in [6, 6.07) is 6.59. The average Bonchev–Trinajstić information content (AvgIpc) is 2.38. The fourth-order valence-corrected chi connectivity index (χ4v) is 3.01. The Balaban J connectivity index is 2.16. The summed E-state index contributed by atoms with van der Waals surface area (Å²) in [4.78, 5) is 2.30. The van der Waals surface area contributed by atoms with Crippen LogP contribution in [0.1, 0.15) is 31.4 Å². The number of ether oxygens (including phenoxy) is 1. The normalized spacial score (nSPS) is 18.7. The number of hydrogen-bond acceptors (Lipinski definition) is 3. The van der Waals surface area contributed by atoms with Gasteiger partial charge in [-0.3, -0.25) is 0 Å². The van der Waals surface area contributed by atoms with Gasteiger partial charge in [0.05, 0.1) is 11.8 Å². The number of nitrogens with zero attached hydrogens (tertiary/aromatic N) is 1. The highest BCUT2D eigenvalue weighted by molar-refractivity contribution is 9.10. The van der Waals surface area contributed by atoms with Gasteiger partial charge in [0.2, 0.25) is 0 Å². The zero-order valence-corrected chi connectivity index (χ0v) is 12.5. The van der Waals surface area contributed by atoms with Crippen LogP contribution in [0, 0.1) is 0 Å². The van der Waals surface area contributed by atoms with Crippen LogP contribution >= 0.6 is 15.9 Å². The summed E-state index contributed by atoms with van der Waals surface area (Å²) in [6.07, 6.45) is 1.71. The quantitative estimate of drug-likeness (QED) is 0.930. The summed E-state index contributed by atoms with van der Waals surface area (Å²) in [5.74, 6) is 0. The maximum absolute atomic E-state index is 9.58. The molecule has 18 heavy (non-hydrogen) atoms. The molecule has 1 saturated heterocycles. The molecule has 2 rings (SSSR count). The van der Waals surface area contributed by atoms with E-state index in [0.29, 0.717) is 6.04 Å². The second-order valence-electron chi connectivity index (χ2n) is 4.84. The summed E-state index contributed by atoms with van der Waals surface area (Å²) in [6.45, 7) is 3.47. The van der Waals surface area contributed by atoms with E-state index in [9.17, 15) is 5.11 Å². The molecule has 1 N–H and O–H groups in total. The van der Waals surface area contributed by atoms with Crippen molar-refractivity contribution in [2.75, 3.05) is 25.2 Å².